The topological polar surface area (TPSA) is 55.3 Å². The van der Waals surface area contributed by atoms with E-state index < -0.39 is 0 Å². The van der Waals surface area contributed by atoms with Gasteiger partial charge >= 0.3 is 0 Å². The summed E-state index contributed by atoms with van der Waals surface area (Å²) in [4.78, 5) is 23.7. The predicted octanol–water partition coefficient (Wildman–Crippen LogP) is 3.69. The number of hydrogen-bond acceptors (Lipinski definition) is 7. The molecule has 0 fully saturated rings. The number of Topliss-reactive ketones (excluding diaryl/α,β-unsaturated/α-hetero) is 1. The first-order valence-electron chi connectivity index (χ1n) is 7.50. The Labute approximate surface area is 150 Å². The lowest BCUT2D eigenvalue weighted by Crippen LogP contribution is -2.21. The fourth-order valence-electron chi connectivity index (χ4n) is 2.61. The van der Waals surface area contributed by atoms with Crippen molar-refractivity contribution >= 4 is 35.1 Å². The Morgan fingerprint density at radius 3 is 2.54 bits per heavy atom. The van der Waals surface area contributed by atoms with Crippen LogP contribution in [-0.4, -0.2) is 43.2 Å². The second-order valence-corrected chi connectivity index (χ2v) is 7.58. The minimum Gasteiger partial charge on any atom is -0.497 e. The van der Waals surface area contributed by atoms with Crippen LogP contribution in [0.5, 0.6) is 5.75 Å². The monoisotopic (exact) mass is 361 g/mol. The van der Waals surface area contributed by atoms with Crippen LogP contribution >= 0.6 is 23.5 Å². The highest BCUT2D eigenvalue weighted by Crippen LogP contribution is 2.46. The number of hydrogen-bond donors (Lipinski definition) is 0. The van der Waals surface area contributed by atoms with Gasteiger partial charge < -0.3 is 9.64 Å². The van der Waals surface area contributed by atoms with Gasteiger partial charge in [-0.2, -0.15) is 0 Å². The molecule has 1 aliphatic heterocycles. The fraction of sp³-hybridized carbons (Fsp3) is 0.353. The third kappa shape index (κ3) is 3.23. The van der Waals surface area contributed by atoms with Crippen LogP contribution in [0.1, 0.15) is 27.6 Å². The number of rotatable bonds is 4. The van der Waals surface area contributed by atoms with Gasteiger partial charge in [0.05, 0.1) is 12.7 Å². The lowest BCUT2D eigenvalue weighted by Gasteiger charge is -2.26. The molecule has 0 aliphatic carbocycles. The van der Waals surface area contributed by atoms with Crippen LogP contribution in [0.15, 0.2) is 34.4 Å². The summed E-state index contributed by atoms with van der Waals surface area (Å²) < 4.78 is 5.20. The zero-order chi connectivity index (χ0) is 17.3. The number of nitrogens with zero attached hydrogens (tertiary/aromatic N) is 3. The van der Waals surface area contributed by atoms with Crippen LogP contribution in [0.2, 0.25) is 0 Å². The first-order chi connectivity index (χ1) is 11.5. The Morgan fingerprint density at radius 1 is 1.25 bits per heavy atom. The molecular weight excluding hydrogens is 342 g/mol. The minimum atomic E-state index is 0.0653. The van der Waals surface area contributed by atoms with Crippen molar-refractivity contribution in [2.75, 3.05) is 32.4 Å². The summed E-state index contributed by atoms with van der Waals surface area (Å²) >= 11 is 3.12. The van der Waals surface area contributed by atoms with Gasteiger partial charge in [0, 0.05) is 25.8 Å². The van der Waals surface area contributed by atoms with E-state index in [1.54, 1.807) is 18.9 Å². The SMILES string of the molecule is COc1ccc(C2CC(=O)c3c(nc(SC)nc3N(C)C)S2)cc1. The predicted molar refractivity (Wildman–Crippen MR) is 98.7 cm³/mol. The van der Waals surface area contributed by atoms with E-state index in [1.165, 1.54) is 11.8 Å². The molecule has 0 saturated heterocycles. The summed E-state index contributed by atoms with van der Waals surface area (Å²) in [6, 6.07) is 7.87. The average Bonchev–Trinajstić information content (AvgIpc) is 2.60. The quantitative estimate of drug-likeness (QED) is 0.467. The van der Waals surface area contributed by atoms with Crippen LogP contribution in [0.3, 0.4) is 0 Å². The van der Waals surface area contributed by atoms with E-state index in [-0.39, 0.29) is 11.0 Å². The number of carbonyl (C=O) groups is 1. The minimum absolute atomic E-state index is 0.0653. The van der Waals surface area contributed by atoms with Gasteiger partial charge in [0.2, 0.25) is 0 Å². The number of ether oxygens (including phenoxy) is 1. The van der Waals surface area contributed by atoms with Crippen molar-refractivity contribution in [1.82, 2.24) is 9.97 Å². The van der Waals surface area contributed by atoms with Crippen molar-refractivity contribution in [1.29, 1.82) is 0 Å². The Kier molecular flexibility index (Phi) is 5.01. The second kappa shape index (κ2) is 7.03. The van der Waals surface area contributed by atoms with Crippen LogP contribution in [0.4, 0.5) is 5.82 Å². The van der Waals surface area contributed by atoms with Crippen molar-refractivity contribution in [3.05, 3.63) is 35.4 Å². The highest BCUT2D eigenvalue weighted by molar-refractivity contribution is 8.00. The zero-order valence-electron chi connectivity index (χ0n) is 14.1. The van der Waals surface area contributed by atoms with E-state index in [1.807, 2.05) is 49.5 Å². The summed E-state index contributed by atoms with van der Waals surface area (Å²) in [5.74, 6) is 1.61. The van der Waals surface area contributed by atoms with Gasteiger partial charge in [0.25, 0.3) is 0 Å². The molecule has 1 unspecified atom stereocenters. The van der Waals surface area contributed by atoms with Crippen LogP contribution in [0, 0.1) is 0 Å². The smallest absolute Gasteiger partial charge is 0.190 e. The van der Waals surface area contributed by atoms with Gasteiger partial charge in [-0.15, -0.1) is 0 Å². The number of thioether (sulfide) groups is 2. The molecular formula is C17H19N3O2S2. The number of carbonyl (C=O) groups excluding carboxylic acids is 1. The van der Waals surface area contributed by atoms with Gasteiger partial charge in [-0.05, 0) is 24.0 Å². The van der Waals surface area contributed by atoms with Crippen molar-refractivity contribution in [2.24, 2.45) is 0 Å². The van der Waals surface area contributed by atoms with E-state index in [0.29, 0.717) is 23.0 Å². The average molecular weight is 361 g/mol. The fourth-order valence-corrected chi connectivity index (χ4v) is 4.28. The lowest BCUT2D eigenvalue weighted by atomic mass is 10.0. The van der Waals surface area contributed by atoms with E-state index >= 15 is 0 Å². The molecule has 0 bridgehead atoms. The van der Waals surface area contributed by atoms with Gasteiger partial charge in [-0.25, -0.2) is 9.97 Å². The molecule has 1 aromatic carbocycles. The van der Waals surface area contributed by atoms with Gasteiger partial charge in [0.15, 0.2) is 10.9 Å². The van der Waals surface area contributed by atoms with E-state index in [4.69, 9.17) is 4.74 Å². The van der Waals surface area contributed by atoms with Crippen molar-refractivity contribution in [3.8, 4) is 5.75 Å². The van der Waals surface area contributed by atoms with Crippen molar-refractivity contribution < 1.29 is 9.53 Å². The molecule has 126 valence electrons. The molecule has 0 amide bonds. The molecule has 0 saturated carbocycles. The van der Waals surface area contributed by atoms with Crippen molar-refractivity contribution in [3.63, 3.8) is 0 Å². The Hall–Kier alpha value is -1.73. The number of anilines is 1. The van der Waals surface area contributed by atoms with Gasteiger partial charge in [-0.3, -0.25) is 4.79 Å². The highest BCUT2D eigenvalue weighted by atomic mass is 32.2. The molecule has 1 atom stereocenters. The molecule has 5 nitrogen and oxygen atoms in total. The van der Waals surface area contributed by atoms with Crippen LogP contribution < -0.4 is 9.64 Å². The normalized spacial score (nSPS) is 16.7. The van der Waals surface area contributed by atoms with Gasteiger partial charge in [0.1, 0.15) is 16.6 Å². The molecule has 2 heterocycles. The molecule has 2 aromatic rings. The number of methoxy groups -OCH3 is 1. The standard InChI is InChI=1S/C17H19N3O2S2/c1-20(2)15-14-12(21)9-13(10-5-7-11(22-3)8-6-10)24-16(14)19-17(18-15)23-4/h5-8,13H,9H2,1-4H3. The third-order valence-electron chi connectivity index (χ3n) is 3.83. The van der Waals surface area contributed by atoms with Gasteiger partial charge in [-0.1, -0.05) is 35.7 Å². The third-order valence-corrected chi connectivity index (χ3v) is 5.62. The molecule has 3 rings (SSSR count). The maximum absolute atomic E-state index is 12.8. The second-order valence-electron chi connectivity index (χ2n) is 5.62. The summed E-state index contributed by atoms with van der Waals surface area (Å²) in [7, 11) is 5.45. The zero-order valence-corrected chi connectivity index (χ0v) is 15.7. The maximum Gasteiger partial charge on any atom is 0.190 e. The number of aromatic nitrogens is 2. The Bertz CT molecular complexity index is 763. The largest absolute Gasteiger partial charge is 0.497 e. The summed E-state index contributed by atoms with van der Waals surface area (Å²) in [6.45, 7) is 0. The van der Waals surface area contributed by atoms with Crippen LogP contribution in [-0.2, 0) is 0 Å². The molecule has 24 heavy (non-hydrogen) atoms. The first kappa shape index (κ1) is 17.1. The molecule has 1 aliphatic rings. The Balaban J connectivity index is 1.99. The lowest BCUT2D eigenvalue weighted by molar-refractivity contribution is 0.0975. The van der Waals surface area contributed by atoms with Crippen molar-refractivity contribution in [2.45, 2.75) is 21.9 Å². The van der Waals surface area contributed by atoms with E-state index in [0.717, 1.165) is 16.3 Å². The summed E-state index contributed by atoms with van der Waals surface area (Å²) in [6.07, 6.45) is 2.39. The maximum atomic E-state index is 12.8. The van der Waals surface area contributed by atoms with E-state index in [2.05, 4.69) is 9.97 Å². The highest BCUT2D eigenvalue weighted by Gasteiger charge is 2.32. The molecule has 0 N–H and O–H groups in total. The number of fused-ring (bicyclic) bond motifs is 1. The number of ketones is 1. The summed E-state index contributed by atoms with van der Waals surface area (Å²) in [5, 5.41) is 1.53. The molecule has 0 radical (unpaired) electrons. The van der Waals surface area contributed by atoms with Crippen LogP contribution in [0.25, 0.3) is 0 Å². The first-order valence-corrected chi connectivity index (χ1v) is 9.61. The molecule has 7 heteroatoms. The Morgan fingerprint density at radius 2 is 1.96 bits per heavy atom. The van der Waals surface area contributed by atoms with E-state index in [9.17, 15) is 4.79 Å². The molecule has 1 aromatic heterocycles. The number of benzene rings is 1. The molecule has 0 spiro atoms. The summed E-state index contributed by atoms with van der Waals surface area (Å²) in [5.41, 5.74) is 1.75.